The summed E-state index contributed by atoms with van der Waals surface area (Å²) in [4.78, 5) is 31.5. The molecule has 158 valence electrons. The number of amides is 3. The van der Waals surface area contributed by atoms with Crippen molar-refractivity contribution < 1.29 is 14.3 Å². The van der Waals surface area contributed by atoms with E-state index in [0.717, 1.165) is 44.0 Å². The number of hydrogen-bond donors (Lipinski definition) is 1. The van der Waals surface area contributed by atoms with E-state index < -0.39 is 5.54 Å². The van der Waals surface area contributed by atoms with Gasteiger partial charge in [-0.15, -0.1) is 0 Å². The average Bonchev–Trinajstić information content (AvgIpc) is 3.00. The number of benzene rings is 2. The van der Waals surface area contributed by atoms with Gasteiger partial charge in [-0.05, 0) is 30.2 Å². The summed E-state index contributed by atoms with van der Waals surface area (Å²) >= 11 is 0. The number of nitrogens with zero attached hydrogens (tertiary/aromatic N) is 3. The van der Waals surface area contributed by atoms with E-state index in [9.17, 15) is 9.59 Å². The van der Waals surface area contributed by atoms with Gasteiger partial charge in [-0.2, -0.15) is 0 Å². The van der Waals surface area contributed by atoms with Crippen LogP contribution in [-0.4, -0.2) is 66.6 Å². The molecule has 2 aromatic carbocycles. The Labute approximate surface area is 177 Å². The molecule has 4 rings (SSSR count). The number of hydrogen-bond acceptors (Lipinski definition) is 5. The van der Waals surface area contributed by atoms with Crippen LogP contribution in [0.2, 0.25) is 0 Å². The van der Waals surface area contributed by atoms with Crippen molar-refractivity contribution in [2.24, 2.45) is 0 Å². The van der Waals surface area contributed by atoms with Gasteiger partial charge in [0.2, 0.25) is 0 Å². The largest absolute Gasteiger partial charge is 0.497 e. The van der Waals surface area contributed by atoms with E-state index in [2.05, 4.69) is 27.2 Å². The summed E-state index contributed by atoms with van der Waals surface area (Å²) in [6, 6.07) is 17.2. The van der Waals surface area contributed by atoms with Gasteiger partial charge in [0, 0.05) is 32.7 Å². The van der Waals surface area contributed by atoms with Crippen molar-refractivity contribution in [3.8, 4) is 5.75 Å². The molecule has 0 radical (unpaired) electrons. The second-order valence-corrected chi connectivity index (χ2v) is 8.04. The van der Waals surface area contributed by atoms with Crippen molar-refractivity contribution in [2.75, 3.05) is 40.0 Å². The molecule has 0 unspecified atom stereocenters. The van der Waals surface area contributed by atoms with E-state index in [1.165, 1.54) is 10.5 Å². The quantitative estimate of drug-likeness (QED) is 0.743. The zero-order valence-electron chi connectivity index (χ0n) is 17.5. The molecule has 2 aromatic rings. The van der Waals surface area contributed by atoms with Crippen molar-refractivity contribution in [3.05, 3.63) is 65.7 Å². The predicted octanol–water partition coefficient (Wildman–Crippen LogP) is 2.24. The number of urea groups is 1. The smallest absolute Gasteiger partial charge is 0.326 e. The van der Waals surface area contributed by atoms with Crippen molar-refractivity contribution in [2.45, 2.75) is 19.0 Å². The second kappa shape index (κ2) is 8.45. The third-order valence-corrected chi connectivity index (χ3v) is 6.00. The van der Waals surface area contributed by atoms with Crippen LogP contribution in [0, 0.1) is 0 Å². The van der Waals surface area contributed by atoms with Crippen LogP contribution in [0.15, 0.2) is 54.6 Å². The maximum Gasteiger partial charge on any atom is 0.326 e. The van der Waals surface area contributed by atoms with Crippen LogP contribution in [-0.2, 0) is 16.9 Å². The fourth-order valence-corrected chi connectivity index (χ4v) is 4.07. The number of carbonyl (C=O) groups is 2. The second-order valence-electron chi connectivity index (χ2n) is 8.04. The number of ether oxygens (including phenoxy) is 1. The van der Waals surface area contributed by atoms with Crippen LogP contribution in [0.25, 0.3) is 0 Å². The zero-order valence-corrected chi connectivity index (χ0v) is 17.5. The summed E-state index contributed by atoms with van der Waals surface area (Å²) in [6.07, 6.45) is 0. The molecule has 2 heterocycles. The molecule has 2 fully saturated rings. The number of nitrogens with one attached hydrogen (secondary N) is 1. The van der Waals surface area contributed by atoms with Gasteiger partial charge in [0.15, 0.2) is 0 Å². The number of rotatable bonds is 6. The molecule has 2 saturated heterocycles. The van der Waals surface area contributed by atoms with Crippen LogP contribution < -0.4 is 10.1 Å². The lowest BCUT2D eigenvalue weighted by molar-refractivity contribution is -0.132. The van der Waals surface area contributed by atoms with Crippen LogP contribution in [0.3, 0.4) is 0 Å². The summed E-state index contributed by atoms with van der Waals surface area (Å²) < 4.78 is 5.21. The highest BCUT2D eigenvalue weighted by Crippen LogP contribution is 2.28. The molecule has 0 spiro atoms. The van der Waals surface area contributed by atoms with E-state index >= 15 is 0 Å². The minimum absolute atomic E-state index is 0.195. The van der Waals surface area contributed by atoms with Crippen LogP contribution in [0.5, 0.6) is 5.75 Å². The Kier molecular flexibility index (Phi) is 5.74. The zero-order chi connectivity index (χ0) is 21.1. The molecular weight excluding hydrogens is 380 g/mol. The first-order chi connectivity index (χ1) is 14.5. The molecule has 1 N–H and O–H groups in total. The van der Waals surface area contributed by atoms with E-state index in [1.807, 2.05) is 42.5 Å². The van der Waals surface area contributed by atoms with Gasteiger partial charge in [-0.1, -0.05) is 42.5 Å². The highest BCUT2D eigenvalue weighted by molar-refractivity contribution is 6.07. The standard InChI is InChI=1S/C23H28N4O3/c1-23(19-6-4-3-5-7-19)21(28)27(22(29)24-23)17-26-14-12-25(13-15-26)16-18-8-10-20(30-2)11-9-18/h3-11H,12-17H2,1-2H3,(H,24,29)/t23-/m1/s1. The number of methoxy groups -OCH3 is 1. The molecule has 2 aliphatic heterocycles. The van der Waals surface area contributed by atoms with E-state index in [0.29, 0.717) is 6.67 Å². The van der Waals surface area contributed by atoms with Gasteiger partial charge in [0.05, 0.1) is 13.8 Å². The van der Waals surface area contributed by atoms with E-state index in [4.69, 9.17) is 4.74 Å². The van der Waals surface area contributed by atoms with Gasteiger partial charge >= 0.3 is 6.03 Å². The summed E-state index contributed by atoms with van der Waals surface area (Å²) in [5.74, 6) is 0.666. The van der Waals surface area contributed by atoms with Gasteiger partial charge in [-0.3, -0.25) is 14.6 Å². The molecule has 2 aliphatic rings. The minimum Gasteiger partial charge on any atom is -0.497 e. The Morgan fingerprint density at radius 2 is 1.57 bits per heavy atom. The Hall–Kier alpha value is -2.90. The number of piperazine rings is 1. The first kappa shape index (κ1) is 20.4. The third kappa shape index (κ3) is 4.04. The van der Waals surface area contributed by atoms with E-state index in [-0.39, 0.29) is 11.9 Å². The molecule has 3 amide bonds. The lowest BCUT2D eigenvalue weighted by Crippen LogP contribution is -2.51. The van der Waals surface area contributed by atoms with Gasteiger partial charge in [-0.25, -0.2) is 9.69 Å². The molecule has 0 saturated carbocycles. The lowest BCUT2D eigenvalue weighted by Gasteiger charge is -2.36. The third-order valence-electron chi connectivity index (χ3n) is 6.00. The van der Waals surface area contributed by atoms with Crippen LogP contribution in [0.4, 0.5) is 4.79 Å². The lowest BCUT2D eigenvalue weighted by atomic mass is 9.92. The molecule has 7 nitrogen and oxygen atoms in total. The van der Waals surface area contributed by atoms with Gasteiger partial charge in [0.1, 0.15) is 11.3 Å². The van der Waals surface area contributed by atoms with E-state index in [1.54, 1.807) is 14.0 Å². The highest BCUT2D eigenvalue weighted by Gasteiger charge is 2.49. The minimum atomic E-state index is -1.01. The molecular formula is C23H28N4O3. The Balaban J connectivity index is 1.32. The molecule has 7 heteroatoms. The predicted molar refractivity (Wildman–Crippen MR) is 114 cm³/mol. The molecule has 0 bridgehead atoms. The van der Waals surface area contributed by atoms with Gasteiger partial charge < -0.3 is 10.1 Å². The van der Waals surface area contributed by atoms with Crippen molar-refractivity contribution in [1.29, 1.82) is 0 Å². The SMILES string of the molecule is COc1ccc(CN2CCN(CN3C(=O)N[C@](C)(c4ccccc4)C3=O)CC2)cc1. The normalized spacial score (nSPS) is 22.9. The molecule has 1 atom stereocenters. The molecule has 0 aromatic heterocycles. The van der Waals surface area contributed by atoms with Crippen molar-refractivity contribution in [1.82, 2.24) is 20.0 Å². The summed E-state index contributed by atoms with van der Waals surface area (Å²) in [7, 11) is 1.67. The Bertz CT molecular complexity index is 894. The maximum absolute atomic E-state index is 13.1. The summed E-state index contributed by atoms with van der Waals surface area (Å²) in [5, 5.41) is 2.88. The molecule has 0 aliphatic carbocycles. The van der Waals surface area contributed by atoms with Crippen LogP contribution in [0.1, 0.15) is 18.1 Å². The topological polar surface area (TPSA) is 65.1 Å². The van der Waals surface area contributed by atoms with Crippen molar-refractivity contribution >= 4 is 11.9 Å². The number of imide groups is 1. The van der Waals surface area contributed by atoms with Crippen molar-refractivity contribution in [3.63, 3.8) is 0 Å². The first-order valence-corrected chi connectivity index (χ1v) is 10.3. The molecule has 30 heavy (non-hydrogen) atoms. The monoisotopic (exact) mass is 408 g/mol. The number of carbonyl (C=O) groups excluding carboxylic acids is 2. The van der Waals surface area contributed by atoms with Crippen LogP contribution >= 0.6 is 0 Å². The summed E-state index contributed by atoms with van der Waals surface area (Å²) in [6.45, 7) is 6.40. The van der Waals surface area contributed by atoms with Gasteiger partial charge in [0.25, 0.3) is 5.91 Å². The average molecular weight is 409 g/mol. The Morgan fingerprint density at radius 3 is 2.20 bits per heavy atom. The summed E-state index contributed by atoms with van der Waals surface area (Å²) in [5.41, 5.74) is 1.04. The highest BCUT2D eigenvalue weighted by atomic mass is 16.5. The maximum atomic E-state index is 13.1. The fraction of sp³-hybridized carbons (Fsp3) is 0.391. The first-order valence-electron chi connectivity index (χ1n) is 10.3. The Morgan fingerprint density at radius 1 is 0.933 bits per heavy atom. The fourth-order valence-electron chi connectivity index (χ4n) is 4.07.